The average molecular weight is 241 g/mol. The van der Waals surface area contributed by atoms with Crippen LogP contribution >= 0.6 is 0 Å². The van der Waals surface area contributed by atoms with Gasteiger partial charge in [0.05, 0.1) is 0 Å². The Balaban J connectivity index is 2.26. The van der Waals surface area contributed by atoms with Crippen LogP contribution in [-0.2, 0) is 0 Å². The molecule has 0 unspecified atom stereocenters. The fourth-order valence-corrected chi connectivity index (χ4v) is 2.09. The van der Waals surface area contributed by atoms with Crippen LogP contribution in [0.4, 0.5) is 0 Å². The van der Waals surface area contributed by atoms with Crippen molar-refractivity contribution in [3.8, 4) is 0 Å². The molecule has 18 heavy (non-hydrogen) atoms. The van der Waals surface area contributed by atoms with Gasteiger partial charge in [-0.3, -0.25) is 0 Å². The lowest BCUT2D eigenvalue weighted by Crippen LogP contribution is -2.05. The molecule has 1 atom stereocenters. The number of aromatic nitrogens is 1. The van der Waals surface area contributed by atoms with E-state index in [1.165, 1.54) is 0 Å². The molecule has 3 aromatic rings. The molecule has 0 aliphatic rings. The van der Waals surface area contributed by atoms with Gasteiger partial charge in [0.1, 0.15) is 11.6 Å². The van der Waals surface area contributed by atoms with Gasteiger partial charge in [-0.1, -0.05) is 44.2 Å². The molecule has 0 fully saturated rings. The van der Waals surface area contributed by atoms with Gasteiger partial charge in [0.15, 0.2) is 5.58 Å². The molecular formula is C15H15NO2. The summed E-state index contributed by atoms with van der Waals surface area (Å²) < 4.78 is 5.64. The number of hydrogen-bond acceptors (Lipinski definition) is 3. The number of benzene rings is 2. The summed E-state index contributed by atoms with van der Waals surface area (Å²) in [4.78, 5) is 4.45. The highest BCUT2D eigenvalue weighted by atomic mass is 16.4. The Kier molecular flexibility index (Phi) is 2.56. The molecule has 0 bridgehead atoms. The molecule has 1 heterocycles. The smallest absolute Gasteiger partial charge is 0.224 e. The Morgan fingerprint density at radius 2 is 1.89 bits per heavy atom. The van der Waals surface area contributed by atoms with E-state index in [9.17, 15) is 5.11 Å². The van der Waals surface area contributed by atoms with Crippen molar-refractivity contribution in [2.45, 2.75) is 20.0 Å². The predicted octanol–water partition coefficient (Wildman–Crippen LogP) is 3.67. The van der Waals surface area contributed by atoms with Crippen LogP contribution in [0.25, 0.3) is 21.9 Å². The fraction of sp³-hybridized carbons (Fsp3) is 0.267. The maximum Gasteiger partial charge on any atom is 0.224 e. The summed E-state index contributed by atoms with van der Waals surface area (Å²) in [6, 6.07) is 12.0. The fourth-order valence-electron chi connectivity index (χ4n) is 2.09. The molecule has 0 amide bonds. The molecule has 1 aromatic heterocycles. The highest BCUT2D eigenvalue weighted by molar-refractivity contribution is 6.03. The van der Waals surface area contributed by atoms with Crippen molar-refractivity contribution in [1.82, 2.24) is 4.98 Å². The third-order valence-corrected chi connectivity index (χ3v) is 3.18. The number of aliphatic hydroxyl groups excluding tert-OH is 1. The minimum absolute atomic E-state index is 0.0873. The van der Waals surface area contributed by atoms with Crippen molar-refractivity contribution in [2.75, 3.05) is 0 Å². The SMILES string of the molecule is CC(C)[C@H](O)c1nc2c(ccc3ccccc32)o1. The molecule has 92 valence electrons. The topological polar surface area (TPSA) is 46.3 Å². The van der Waals surface area contributed by atoms with Crippen molar-refractivity contribution in [3.63, 3.8) is 0 Å². The van der Waals surface area contributed by atoms with Crippen molar-refractivity contribution >= 4 is 21.9 Å². The number of fused-ring (bicyclic) bond motifs is 3. The number of hydrogen-bond donors (Lipinski definition) is 1. The van der Waals surface area contributed by atoms with Crippen LogP contribution in [0.15, 0.2) is 40.8 Å². The molecule has 0 aliphatic heterocycles. The number of nitrogens with zero attached hydrogens (tertiary/aromatic N) is 1. The van der Waals surface area contributed by atoms with Gasteiger partial charge in [0.25, 0.3) is 0 Å². The second-order valence-electron chi connectivity index (χ2n) is 4.87. The number of aliphatic hydroxyl groups is 1. The van der Waals surface area contributed by atoms with E-state index in [-0.39, 0.29) is 5.92 Å². The molecule has 2 aromatic carbocycles. The Hall–Kier alpha value is -1.87. The molecule has 3 rings (SSSR count). The zero-order valence-corrected chi connectivity index (χ0v) is 10.4. The van der Waals surface area contributed by atoms with Gasteiger partial charge < -0.3 is 9.52 Å². The first-order chi connectivity index (χ1) is 8.66. The summed E-state index contributed by atoms with van der Waals surface area (Å²) in [7, 11) is 0. The maximum absolute atomic E-state index is 10.0. The van der Waals surface area contributed by atoms with Crippen LogP contribution in [0.5, 0.6) is 0 Å². The summed E-state index contributed by atoms with van der Waals surface area (Å²) in [5, 5.41) is 12.2. The molecular weight excluding hydrogens is 226 g/mol. The van der Waals surface area contributed by atoms with E-state index in [1.807, 2.05) is 50.2 Å². The molecule has 1 N–H and O–H groups in total. The maximum atomic E-state index is 10.0. The van der Waals surface area contributed by atoms with E-state index in [1.54, 1.807) is 0 Å². The highest BCUT2D eigenvalue weighted by Gasteiger charge is 2.19. The van der Waals surface area contributed by atoms with E-state index in [4.69, 9.17) is 4.42 Å². The lowest BCUT2D eigenvalue weighted by molar-refractivity contribution is 0.0988. The Morgan fingerprint density at radius 1 is 1.11 bits per heavy atom. The minimum atomic E-state index is -0.656. The first-order valence-electron chi connectivity index (χ1n) is 6.13. The summed E-state index contributed by atoms with van der Waals surface area (Å²) in [6.45, 7) is 3.88. The van der Waals surface area contributed by atoms with Crippen LogP contribution in [-0.4, -0.2) is 10.1 Å². The van der Waals surface area contributed by atoms with Crippen molar-refractivity contribution in [2.24, 2.45) is 5.92 Å². The molecule has 0 radical (unpaired) electrons. The van der Waals surface area contributed by atoms with Gasteiger partial charge in [-0.05, 0) is 17.4 Å². The van der Waals surface area contributed by atoms with Gasteiger partial charge >= 0.3 is 0 Å². The molecule has 0 saturated heterocycles. The van der Waals surface area contributed by atoms with E-state index < -0.39 is 6.10 Å². The van der Waals surface area contributed by atoms with Crippen molar-refractivity contribution < 1.29 is 9.52 Å². The lowest BCUT2D eigenvalue weighted by Gasteiger charge is -2.08. The summed E-state index contributed by atoms with van der Waals surface area (Å²) in [6.07, 6.45) is -0.656. The lowest BCUT2D eigenvalue weighted by atomic mass is 10.1. The molecule has 0 saturated carbocycles. The molecule has 0 spiro atoms. The van der Waals surface area contributed by atoms with E-state index in [2.05, 4.69) is 4.98 Å². The largest absolute Gasteiger partial charge is 0.438 e. The van der Waals surface area contributed by atoms with Gasteiger partial charge in [0.2, 0.25) is 5.89 Å². The van der Waals surface area contributed by atoms with Gasteiger partial charge in [0, 0.05) is 5.39 Å². The monoisotopic (exact) mass is 241 g/mol. The van der Waals surface area contributed by atoms with Gasteiger partial charge in [-0.2, -0.15) is 0 Å². The van der Waals surface area contributed by atoms with Crippen molar-refractivity contribution in [1.29, 1.82) is 0 Å². The normalized spacial score (nSPS) is 13.6. The molecule has 3 nitrogen and oxygen atoms in total. The van der Waals surface area contributed by atoms with E-state index in [0.717, 1.165) is 21.9 Å². The Labute approximate surface area is 105 Å². The average Bonchev–Trinajstić information content (AvgIpc) is 2.81. The highest BCUT2D eigenvalue weighted by Crippen LogP contribution is 2.29. The van der Waals surface area contributed by atoms with Gasteiger partial charge in [-0.15, -0.1) is 0 Å². The molecule has 0 aliphatic carbocycles. The summed E-state index contributed by atoms with van der Waals surface area (Å²) in [5.74, 6) is 0.487. The van der Waals surface area contributed by atoms with E-state index >= 15 is 0 Å². The van der Waals surface area contributed by atoms with Crippen LogP contribution < -0.4 is 0 Å². The third kappa shape index (κ3) is 1.68. The second kappa shape index (κ2) is 4.10. The predicted molar refractivity (Wildman–Crippen MR) is 71.3 cm³/mol. The second-order valence-corrected chi connectivity index (χ2v) is 4.87. The van der Waals surface area contributed by atoms with Crippen LogP contribution in [0.1, 0.15) is 25.8 Å². The Morgan fingerprint density at radius 3 is 2.67 bits per heavy atom. The first kappa shape index (κ1) is 11.2. The quantitative estimate of drug-likeness (QED) is 0.744. The minimum Gasteiger partial charge on any atom is -0.438 e. The zero-order valence-electron chi connectivity index (χ0n) is 10.4. The standard InChI is InChI=1S/C15H15NO2/c1-9(2)14(17)15-16-13-11-6-4-3-5-10(11)7-8-12(13)18-15/h3-9,14,17H,1-2H3/t14-/m0/s1. The molecule has 3 heteroatoms. The summed E-state index contributed by atoms with van der Waals surface area (Å²) in [5.41, 5.74) is 1.55. The Bertz CT molecular complexity index is 700. The van der Waals surface area contributed by atoms with Gasteiger partial charge in [-0.25, -0.2) is 4.98 Å². The van der Waals surface area contributed by atoms with E-state index in [0.29, 0.717) is 5.89 Å². The number of rotatable bonds is 2. The first-order valence-corrected chi connectivity index (χ1v) is 6.13. The number of oxazole rings is 1. The third-order valence-electron chi connectivity index (χ3n) is 3.18. The van der Waals surface area contributed by atoms with Crippen molar-refractivity contribution in [3.05, 3.63) is 42.3 Å². The van der Waals surface area contributed by atoms with Crippen LogP contribution in [0.3, 0.4) is 0 Å². The van der Waals surface area contributed by atoms with Crippen LogP contribution in [0.2, 0.25) is 0 Å². The zero-order chi connectivity index (χ0) is 12.7. The van der Waals surface area contributed by atoms with Crippen LogP contribution in [0, 0.1) is 5.92 Å². The summed E-state index contributed by atoms with van der Waals surface area (Å²) >= 11 is 0.